The minimum atomic E-state index is -0.155. The van der Waals surface area contributed by atoms with Gasteiger partial charge in [-0.05, 0) is 78.7 Å². The average molecular weight is 407 g/mol. The highest BCUT2D eigenvalue weighted by Crippen LogP contribution is 2.44. The van der Waals surface area contributed by atoms with Crippen LogP contribution in [-0.4, -0.2) is 32.9 Å². The lowest BCUT2D eigenvalue weighted by Gasteiger charge is -2.30. The average Bonchev–Trinajstić information content (AvgIpc) is 3.41. The number of nitrogens with one attached hydrogen (secondary N) is 1. The third-order valence-corrected chi connectivity index (χ3v) is 6.40. The van der Waals surface area contributed by atoms with Gasteiger partial charge in [0.15, 0.2) is 0 Å². The second-order valence-electron chi connectivity index (χ2n) is 10.1. The zero-order valence-corrected chi connectivity index (χ0v) is 18.2. The maximum atomic E-state index is 9.42. The fourth-order valence-corrected chi connectivity index (χ4v) is 4.34. The number of aromatic nitrogens is 3. The molecule has 2 aliphatic rings. The first kappa shape index (κ1) is 19.5. The van der Waals surface area contributed by atoms with E-state index in [1.807, 2.05) is 6.07 Å². The Balaban J connectivity index is 1.49. The van der Waals surface area contributed by atoms with E-state index in [9.17, 15) is 5.11 Å². The van der Waals surface area contributed by atoms with Crippen LogP contribution in [0.5, 0.6) is 0 Å². The number of pyridine rings is 1. The van der Waals surface area contributed by atoms with Crippen LogP contribution in [0.15, 0.2) is 22.6 Å². The van der Waals surface area contributed by atoms with Crippen molar-refractivity contribution in [2.75, 3.05) is 11.9 Å². The summed E-state index contributed by atoms with van der Waals surface area (Å²) in [4.78, 5) is 4.98. The Morgan fingerprint density at radius 2 is 1.90 bits per heavy atom. The molecule has 158 valence electrons. The molecular weight excluding hydrogens is 376 g/mol. The summed E-state index contributed by atoms with van der Waals surface area (Å²) in [6.45, 7) is 9.60. The minimum absolute atomic E-state index is 0.00386. The molecule has 2 N–H and O–H groups in total. The monoisotopic (exact) mass is 406 g/mol. The van der Waals surface area contributed by atoms with Crippen LogP contribution < -0.4 is 5.32 Å². The maximum Gasteiger partial charge on any atom is 0.315 e. The Morgan fingerprint density at radius 1 is 1.13 bits per heavy atom. The molecule has 1 aromatic carbocycles. The topological polar surface area (TPSA) is 84.1 Å². The molecule has 2 aliphatic carbocycles. The van der Waals surface area contributed by atoms with Crippen molar-refractivity contribution >= 4 is 16.9 Å². The molecule has 2 saturated carbocycles. The maximum absolute atomic E-state index is 9.42. The molecule has 5 rings (SSSR count). The van der Waals surface area contributed by atoms with Crippen molar-refractivity contribution in [1.82, 2.24) is 15.2 Å². The van der Waals surface area contributed by atoms with Crippen molar-refractivity contribution in [1.29, 1.82) is 0 Å². The normalized spacial score (nSPS) is 21.6. The highest BCUT2D eigenvalue weighted by molar-refractivity contribution is 5.88. The Bertz CT molecular complexity index is 1090. The number of aliphatic hydroxyl groups is 1. The van der Waals surface area contributed by atoms with E-state index in [0.717, 1.165) is 24.9 Å². The van der Waals surface area contributed by atoms with Crippen LogP contribution in [0.3, 0.4) is 0 Å². The van der Waals surface area contributed by atoms with E-state index in [0.29, 0.717) is 29.4 Å². The van der Waals surface area contributed by atoms with Crippen molar-refractivity contribution in [2.45, 2.75) is 70.8 Å². The Morgan fingerprint density at radius 3 is 2.57 bits per heavy atom. The first-order valence-electron chi connectivity index (χ1n) is 11.0. The van der Waals surface area contributed by atoms with Gasteiger partial charge >= 0.3 is 6.01 Å². The molecule has 0 aliphatic heterocycles. The standard InChI is InChI=1S/C24H30N4O2/c1-13-7-20(22-27-28-23(30-22)25-12-14-8-17(29)9-14)26-21-18(13)10-16(15-5-6-15)11-19(21)24(2,3)4/h7,10-11,14-15,17,29H,5-6,8-9,12H2,1-4H3,(H,25,28)/t14-,17+. The summed E-state index contributed by atoms with van der Waals surface area (Å²) in [6.07, 6.45) is 4.08. The molecule has 6 heteroatoms. The second-order valence-corrected chi connectivity index (χ2v) is 10.1. The fourth-order valence-electron chi connectivity index (χ4n) is 4.34. The molecule has 0 atom stereocenters. The number of nitrogens with zero attached hydrogens (tertiary/aromatic N) is 3. The van der Waals surface area contributed by atoms with E-state index in [1.165, 1.54) is 34.9 Å². The number of hydrogen-bond donors (Lipinski definition) is 2. The van der Waals surface area contributed by atoms with Crippen molar-refractivity contribution in [2.24, 2.45) is 5.92 Å². The third-order valence-electron chi connectivity index (χ3n) is 6.40. The number of aryl methyl sites for hydroxylation is 1. The van der Waals surface area contributed by atoms with Gasteiger partial charge in [0, 0.05) is 11.9 Å². The quantitative estimate of drug-likeness (QED) is 0.624. The van der Waals surface area contributed by atoms with Crippen molar-refractivity contribution in [3.63, 3.8) is 0 Å². The van der Waals surface area contributed by atoms with Crippen LogP contribution in [-0.2, 0) is 5.41 Å². The zero-order valence-electron chi connectivity index (χ0n) is 18.2. The van der Waals surface area contributed by atoms with Crippen molar-refractivity contribution in [3.05, 3.63) is 34.9 Å². The lowest BCUT2D eigenvalue weighted by atomic mass is 9.82. The summed E-state index contributed by atoms with van der Waals surface area (Å²) in [5.41, 5.74) is 5.63. The zero-order chi connectivity index (χ0) is 21.0. The predicted octanol–water partition coefficient (Wildman–Crippen LogP) is 4.95. The summed E-state index contributed by atoms with van der Waals surface area (Å²) < 4.78 is 5.86. The van der Waals surface area contributed by atoms with Gasteiger partial charge in [-0.15, -0.1) is 5.10 Å². The molecule has 2 heterocycles. The van der Waals surface area contributed by atoms with Crippen LogP contribution in [0.4, 0.5) is 6.01 Å². The first-order chi connectivity index (χ1) is 14.3. The van der Waals surface area contributed by atoms with E-state index in [1.54, 1.807) is 0 Å². The van der Waals surface area contributed by atoms with E-state index >= 15 is 0 Å². The van der Waals surface area contributed by atoms with E-state index in [-0.39, 0.29) is 11.5 Å². The molecule has 3 aromatic rings. The predicted molar refractivity (Wildman–Crippen MR) is 118 cm³/mol. The number of anilines is 1. The highest BCUT2D eigenvalue weighted by Gasteiger charge is 2.29. The van der Waals surface area contributed by atoms with Crippen molar-refractivity contribution < 1.29 is 9.52 Å². The number of benzene rings is 1. The molecule has 0 amide bonds. The van der Waals surface area contributed by atoms with Gasteiger partial charge in [0.25, 0.3) is 5.89 Å². The van der Waals surface area contributed by atoms with Gasteiger partial charge in [-0.1, -0.05) is 31.9 Å². The molecule has 0 bridgehead atoms. The molecule has 6 nitrogen and oxygen atoms in total. The van der Waals surface area contributed by atoms with Gasteiger partial charge in [0.2, 0.25) is 0 Å². The smallest absolute Gasteiger partial charge is 0.315 e. The van der Waals surface area contributed by atoms with Crippen LogP contribution in [0.25, 0.3) is 22.5 Å². The molecule has 0 saturated heterocycles. The molecule has 2 fully saturated rings. The largest absolute Gasteiger partial charge is 0.402 e. The Labute approximate surface area is 177 Å². The van der Waals surface area contributed by atoms with Crippen molar-refractivity contribution in [3.8, 4) is 11.6 Å². The Hall–Kier alpha value is -2.47. The van der Waals surface area contributed by atoms with E-state index in [2.05, 4.69) is 55.3 Å². The van der Waals surface area contributed by atoms with Gasteiger partial charge in [0.05, 0.1) is 11.6 Å². The molecule has 0 spiro atoms. The number of fused-ring (bicyclic) bond motifs is 1. The van der Waals surface area contributed by atoms with Gasteiger partial charge < -0.3 is 14.8 Å². The lowest BCUT2D eigenvalue weighted by Crippen LogP contribution is -2.33. The van der Waals surface area contributed by atoms with Crippen LogP contribution in [0, 0.1) is 12.8 Å². The summed E-state index contributed by atoms with van der Waals surface area (Å²) >= 11 is 0. The molecule has 30 heavy (non-hydrogen) atoms. The van der Waals surface area contributed by atoms with E-state index in [4.69, 9.17) is 9.40 Å². The van der Waals surface area contributed by atoms with Gasteiger partial charge in [-0.25, -0.2) is 4.98 Å². The lowest BCUT2D eigenvalue weighted by molar-refractivity contribution is 0.0485. The second kappa shape index (κ2) is 7.05. The van der Waals surface area contributed by atoms with Gasteiger partial charge in [-0.3, -0.25) is 0 Å². The fraction of sp³-hybridized carbons (Fsp3) is 0.542. The Kier molecular flexibility index (Phi) is 4.58. The van der Waals surface area contributed by atoms with Crippen LogP contribution in [0.2, 0.25) is 0 Å². The summed E-state index contributed by atoms with van der Waals surface area (Å²) in [5.74, 6) is 1.60. The van der Waals surface area contributed by atoms with Gasteiger partial charge in [-0.2, -0.15) is 0 Å². The highest BCUT2D eigenvalue weighted by atomic mass is 16.4. The van der Waals surface area contributed by atoms with Crippen LogP contribution in [0.1, 0.15) is 69.1 Å². The summed E-state index contributed by atoms with van der Waals surface area (Å²) in [6, 6.07) is 7.13. The van der Waals surface area contributed by atoms with Gasteiger partial charge in [0.1, 0.15) is 5.69 Å². The number of hydrogen-bond acceptors (Lipinski definition) is 6. The van der Waals surface area contributed by atoms with E-state index < -0.39 is 0 Å². The van der Waals surface area contributed by atoms with Crippen LogP contribution >= 0.6 is 0 Å². The first-order valence-corrected chi connectivity index (χ1v) is 11.0. The summed E-state index contributed by atoms with van der Waals surface area (Å²) in [7, 11) is 0. The minimum Gasteiger partial charge on any atom is -0.402 e. The molecule has 0 unspecified atom stereocenters. The number of aliphatic hydroxyl groups excluding tert-OH is 1. The SMILES string of the molecule is Cc1cc(-c2nnc(NC[C@H]3C[C@@H](O)C3)o2)nc2c(C(C)(C)C)cc(C3CC3)cc12. The molecular formula is C24H30N4O2. The number of rotatable bonds is 5. The molecule has 0 radical (unpaired) electrons. The third kappa shape index (κ3) is 3.69. The summed E-state index contributed by atoms with van der Waals surface area (Å²) in [5, 5.41) is 22.2. The molecule has 2 aromatic heterocycles.